The van der Waals surface area contributed by atoms with E-state index in [1.165, 1.54) is 0 Å². The molecule has 2 aromatic heterocycles. The Kier molecular flexibility index (Phi) is 4.33. The molecule has 0 aliphatic carbocycles. The van der Waals surface area contributed by atoms with Gasteiger partial charge in [-0.25, -0.2) is 9.97 Å². The molecule has 0 amide bonds. The maximum absolute atomic E-state index is 5.56. The van der Waals surface area contributed by atoms with Gasteiger partial charge in [-0.1, -0.05) is 6.92 Å². The minimum absolute atomic E-state index is 0.478. The highest BCUT2D eigenvalue weighted by molar-refractivity contribution is 9.10. The zero-order chi connectivity index (χ0) is 12.1. The van der Waals surface area contributed by atoms with Gasteiger partial charge in [-0.15, -0.1) is 0 Å². The Morgan fingerprint density at radius 1 is 1.35 bits per heavy atom. The first-order chi connectivity index (χ1) is 8.31. The van der Waals surface area contributed by atoms with Crippen molar-refractivity contribution in [2.24, 2.45) is 0 Å². The third-order valence-corrected chi connectivity index (χ3v) is 2.51. The van der Waals surface area contributed by atoms with Crippen LogP contribution < -0.4 is 4.74 Å². The molecule has 0 aromatic carbocycles. The Morgan fingerprint density at radius 2 is 2.24 bits per heavy atom. The van der Waals surface area contributed by atoms with Crippen molar-refractivity contribution in [2.45, 2.75) is 13.3 Å². The number of hydrogen-bond acceptors (Lipinski definition) is 4. The van der Waals surface area contributed by atoms with Gasteiger partial charge in [0.2, 0.25) is 5.65 Å². The Bertz CT molecular complexity index is 487. The number of aromatic nitrogens is 3. The fraction of sp³-hybridized carbons (Fsp3) is 0.455. The molecule has 0 aliphatic rings. The Morgan fingerprint density at radius 3 is 3.06 bits per heavy atom. The molecule has 0 fully saturated rings. The molecule has 0 saturated carbocycles. The number of rotatable bonds is 6. The number of halogens is 1. The van der Waals surface area contributed by atoms with Crippen LogP contribution in [0.4, 0.5) is 0 Å². The van der Waals surface area contributed by atoms with Crippen molar-refractivity contribution in [3.63, 3.8) is 0 Å². The zero-order valence-corrected chi connectivity index (χ0v) is 11.2. The lowest BCUT2D eigenvalue weighted by molar-refractivity contribution is 0.0993. The van der Waals surface area contributed by atoms with E-state index in [4.69, 9.17) is 9.47 Å². The first-order valence-electron chi connectivity index (χ1n) is 5.51. The second kappa shape index (κ2) is 5.97. The van der Waals surface area contributed by atoms with Crippen LogP contribution in [0.3, 0.4) is 0 Å². The third-order valence-electron chi connectivity index (χ3n) is 2.13. The van der Waals surface area contributed by atoms with Gasteiger partial charge < -0.3 is 9.47 Å². The molecule has 5 nitrogen and oxygen atoms in total. The number of nitrogens with zero attached hydrogens (tertiary/aromatic N) is 3. The van der Waals surface area contributed by atoms with Crippen LogP contribution in [-0.2, 0) is 4.74 Å². The average molecular weight is 300 g/mol. The minimum Gasteiger partial charge on any atom is -0.473 e. The first-order valence-corrected chi connectivity index (χ1v) is 6.30. The summed E-state index contributed by atoms with van der Waals surface area (Å²) in [5.74, 6) is 0.518. The smallest absolute Gasteiger partial charge is 0.259 e. The summed E-state index contributed by atoms with van der Waals surface area (Å²) in [5.41, 5.74) is 0.712. The lowest BCUT2D eigenvalue weighted by Gasteiger charge is -2.07. The quantitative estimate of drug-likeness (QED) is 0.768. The van der Waals surface area contributed by atoms with E-state index in [1.807, 2.05) is 16.8 Å². The monoisotopic (exact) mass is 299 g/mol. The summed E-state index contributed by atoms with van der Waals surface area (Å²) >= 11 is 3.33. The SMILES string of the molecule is CCCOCCOc1nc(Br)cn2ccnc12. The topological polar surface area (TPSA) is 48.7 Å². The maximum atomic E-state index is 5.56. The van der Waals surface area contributed by atoms with Crippen molar-refractivity contribution in [3.05, 3.63) is 23.2 Å². The molecule has 2 aromatic rings. The van der Waals surface area contributed by atoms with Crippen LogP contribution in [-0.4, -0.2) is 34.2 Å². The van der Waals surface area contributed by atoms with E-state index in [1.54, 1.807) is 6.20 Å². The highest BCUT2D eigenvalue weighted by atomic mass is 79.9. The molecule has 17 heavy (non-hydrogen) atoms. The van der Waals surface area contributed by atoms with E-state index in [0.717, 1.165) is 13.0 Å². The zero-order valence-electron chi connectivity index (χ0n) is 9.60. The van der Waals surface area contributed by atoms with Gasteiger partial charge in [0, 0.05) is 25.2 Å². The molecule has 0 unspecified atom stereocenters. The van der Waals surface area contributed by atoms with Crippen LogP contribution in [0.5, 0.6) is 5.88 Å². The van der Waals surface area contributed by atoms with Gasteiger partial charge >= 0.3 is 0 Å². The molecule has 0 atom stereocenters. The maximum Gasteiger partial charge on any atom is 0.259 e. The normalized spacial score (nSPS) is 10.9. The number of imidazole rings is 1. The summed E-state index contributed by atoms with van der Waals surface area (Å²) in [7, 11) is 0. The predicted octanol–water partition coefficient (Wildman–Crippen LogP) is 2.30. The van der Waals surface area contributed by atoms with Crippen molar-refractivity contribution in [1.82, 2.24) is 14.4 Å². The molecule has 92 valence electrons. The predicted molar refractivity (Wildman–Crippen MR) is 67.3 cm³/mol. The molecule has 0 N–H and O–H groups in total. The molecule has 0 radical (unpaired) electrons. The fourth-order valence-electron chi connectivity index (χ4n) is 1.41. The molecule has 0 spiro atoms. The second-order valence-electron chi connectivity index (χ2n) is 3.49. The van der Waals surface area contributed by atoms with Crippen molar-refractivity contribution in [2.75, 3.05) is 19.8 Å². The van der Waals surface area contributed by atoms with Crippen LogP contribution in [0.25, 0.3) is 5.65 Å². The van der Waals surface area contributed by atoms with E-state index in [0.29, 0.717) is 29.3 Å². The van der Waals surface area contributed by atoms with Crippen LogP contribution in [0.15, 0.2) is 23.2 Å². The number of hydrogen-bond donors (Lipinski definition) is 0. The van der Waals surface area contributed by atoms with Crippen molar-refractivity contribution in [3.8, 4) is 5.88 Å². The van der Waals surface area contributed by atoms with Crippen molar-refractivity contribution < 1.29 is 9.47 Å². The summed E-state index contributed by atoms with van der Waals surface area (Å²) in [5, 5.41) is 0. The summed E-state index contributed by atoms with van der Waals surface area (Å²) < 4.78 is 13.5. The molecule has 2 heterocycles. The van der Waals surface area contributed by atoms with Gasteiger partial charge in [0.1, 0.15) is 11.2 Å². The van der Waals surface area contributed by atoms with Gasteiger partial charge in [0.25, 0.3) is 5.88 Å². The average Bonchev–Trinajstić information content (AvgIpc) is 2.76. The van der Waals surface area contributed by atoms with Crippen LogP contribution in [0.2, 0.25) is 0 Å². The molecule has 0 aliphatic heterocycles. The summed E-state index contributed by atoms with van der Waals surface area (Å²) in [6.07, 6.45) is 6.41. The van der Waals surface area contributed by atoms with Gasteiger partial charge in [-0.3, -0.25) is 4.40 Å². The van der Waals surface area contributed by atoms with Crippen LogP contribution in [0, 0.1) is 0 Å². The fourth-order valence-corrected chi connectivity index (χ4v) is 1.80. The molecule has 2 rings (SSSR count). The van der Waals surface area contributed by atoms with Gasteiger partial charge in [0.05, 0.1) is 6.61 Å². The third kappa shape index (κ3) is 3.17. The summed E-state index contributed by atoms with van der Waals surface area (Å²) in [4.78, 5) is 8.44. The first kappa shape index (κ1) is 12.3. The highest BCUT2D eigenvalue weighted by Gasteiger charge is 2.07. The van der Waals surface area contributed by atoms with E-state index >= 15 is 0 Å². The lowest BCUT2D eigenvalue weighted by Crippen LogP contribution is -2.09. The molecule has 0 bridgehead atoms. The minimum atomic E-state index is 0.478. The van der Waals surface area contributed by atoms with Crippen LogP contribution >= 0.6 is 15.9 Å². The second-order valence-corrected chi connectivity index (χ2v) is 4.30. The van der Waals surface area contributed by atoms with Gasteiger partial charge in [-0.05, 0) is 22.4 Å². The van der Waals surface area contributed by atoms with Crippen molar-refractivity contribution in [1.29, 1.82) is 0 Å². The van der Waals surface area contributed by atoms with Gasteiger partial charge in [0.15, 0.2) is 0 Å². The Balaban J connectivity index is 2.00. The van der Waals surface area contributed by atoms with E-state index < -0.39 is 0 Å². The van der Waals surface area contributed by atoms with E-state index in [2.05, 4.69) is 32.8 Å². The summed E-state index contributed by atoms with van der Waals surface area (Å²) in [6.45, 7) is 3.87. The van der Waals surface area contributed by atoms with Gasteiger partial charge in [-0.2, -0.15) is 0 Å². The van der Waals surface area contributed by atoms with Crippen LogP contribution in [0.1, 0.15) is 13.3 Å². The lowest BCUT2D eigenvalue weighted by atomic mass is 10.5. The molecule has 6 heteroatoms. The van der Waals surface area contributed by atoms with E-state index in [9.17, 15) is 0 Å². The molecular formula is C11H14BrN3O2. The van der Waals surface area contributed by atoms with Crippen molar-refractivity contribution >= 4 is 21.6 Å². The standard InChI is InChI=1S/C11H14BrN3O2/c1-2-5-16-6-7-17-11-10-13-3-4-15(10)8-9(12)14-11/h3-4,8H,2,5-7H2,1H3. The molecular weight excluding hydrogens is 286 g/mol. The Hall–Kier alpha value is -1.14. The van der Waals surface area contributed by atoms with E-state index in [-0.39, 0.29) is 0 Å². The summed E-state index contributed by atoms with van der Waals surface area (Å²) in [6, 6.07) is 0. The highest BCUT2D eigenvalue weighted by Crippen LogP contribution is 2.18. The Labute approximate surface area is 108 Å². The molecule has 0 saturated heterocycles. The number of ether oxygens (including phenoxy) is 2. The number of fused-ring (bicyclic) bond motifs is 1. The largest absolute Gasteiger partial charge is 0.473 e.